The largest absolute Gasteiger partial charge is 0.493 e. The average Bonchev–Trinajstić information content (AvgIpc) is 3.06. The Balaban J connectivity index is 1.50. The molecule has 1 heterocycles. The summed E-state index contributed by atoms with van der Waals surface area (Å²) in [5.74, 6) is -1.14. The fraction of sp³-hybridized carbons (Fsp3) is 0.278. The minimum Gasteiger partial charge on any atom is -0.493 e. The predicted molar refractivity (Wildman–Crippen MR) is 177 cm³/mol. The Morgan fingerprint density at radius 3 is 2.24 bits per heavy atom. The van der Waals surface area contributed by atoms with Crippen LogP contribution in [-0.2, 0) is 11.3 Å². The molecule has 240 valence electrons. The molecule has 1 aliphatic heterocycles. The van der Waals surface area contributed by atoms with E-state index in [9.17, 15) is 19.1 Å². The molecule has 0 bridgehead atoms. The smallest absolute Gasteiger partial charge is 0.305 e. The quantitative estimate of drug-likeness (QED) is 0.204. The van der Waals surface area contributed by atoms with E-state index in [1.54, 1.807) is 18.2 Å². The Bertz CT molecular complexity index is 1690. The van der Waals surface area contributed by atoms with Crippen LogP contribution in [0.25, 0.3) is 11.1 Å². The van der Waals surface area contributed by atoms with Crippen molar-refractivity contribution in [1.82, 2.24) is 9.80 Å². The number of piperazine rings is 1. The summed E-state index contributed by atoms with van der Waals surface area (Å²) in [6.45, 7) is 3.85. The minimum absolute atomic E-state index is 0.0885. The van der Waals surface area contributed by atoms with Crippen molar-refractivity contribution < 1.29 is 28.6 Å². The van der Waals surface area contributed by atoms with Crippen molar-refractivity contribution in [2.75, 3.05) is 58.1 Å². The van der Waals surface area contributed by atoms with Crippen LogP contribution in [0.3, 0.4) is 0 Å². The molecule has 0 spiro atoms. The number of likely N-dealkylation sites (N-methyl/N-ethyl adjacent to an activating group) is 1. The number of nitrogens with zero attached hydrogens (tertiary/aromatic N) is 3. The van der Waals surface area contributed by atoms with Crippen LogP contribution in [0.5, 0.6) is 11.5 Å². The van der Waals surface area contributed by atoms with Crippen LogP contribution in [-0.4, -0.2) is 74.2 Å². The molecule has 1 aliphatic rings. The topological polar surface area (TPSA) is 109 Å². The van der Waals surface area contributed by atoms with Gasteiger partial charge in [0.15, 0.2) is 11.5 Å². The molecule has 10 heteroatoms. The number of hydrogen-bond acceptors (Lipinski definition) is 7. The Morgan fingerprint density at radius 2 is 1.59 bits per heavy atom. The lowest BCUT2D eigenvalue weighted by atomic mass is 9.98. The zero-order valence-electron chi connectivity index (χ0n) is 26.3. The number of nitrogens with two attached hydrogens (primary N) is 1. The van der Waals surface area contributed by atoms with Crippen LogP contribution in [0.15, 0.2) is 84.9 Å². The first kappa shape index (κ1) is 32.3. The summed E-state index contributed by atoms with van der Waals surface area (Å²) in [7, 11) is 5.10. The number of carboxylic acids is 1. The third kappa shape index (κ3) is 7.40. The van der Waals surface area contributed by atoms with Gasteiger partial charge in [0.1, 0.15) is 5.82 Å². The van der Waals surface area contributed by atoms with Crippen molar-refractivity contribution in [3.63, 3.8) is 0 Å². The summed E-state index contributed by atoms with van der Waals surface area (Å²) in [5, 5.41) is 9.90. The lowest BCUT2D eigenvalue weighted by Gasteiger charge is -2.34. The number of anilines is 2. The number of amides is 1. The van der Waals surface area contributed by atoms with Crippen molar-refractivity contribution >= 4 is 23.3 Å². The number of methoxy groups -OCH3 is 2. The van der Waals surface area contributed by atoms with Crippen molar-refractivity contribution in [2.45, 2.75) is 19.0 Å². The molecule has 3 N–H and O–H groups in total. The van der Waals surface area contributed by atoms with Crippen LogP contribution in [0.2, 0.25) is 0 Å². The number of carbonyl (C=O) groups is 2. The molecule has 0 aromatic heterocycles. The van der Waals surface area contributed by atoms with E-state index >= 15 is 0 Å². The fourth-order valence-corrected chi connectivity index (χ4v) is 5.83. The summed E-state index contributed by atoms with van der Waals surface area (Å²) in [5.41, 5.74) is 11.7. The van der Waals surface area contributed by atoms with Crippen molar-refractivity contribution in [1.29, 1.82) is 0 Å². The van der Waals surface area contributed by atoms with E-state index < -0.39 is 23.7 Å². The van der Waals surface area contributed by atoms with Crippen LogP contribution in [0.1, 0.15) is 33.9 Å². The summed E-state index contributed by atoms with van der Waals surface area (Å²) in [6.07, 6.45) is -0.380. The molecule has 1 amide bonds. The van der Waals surface area contributed by atoms with Gasteiger partial charge in [0.25, 0.3) is 5.91 Å². The summed E-state index contributed by atoms with van der Waals surface area (Å²) in [4.78, 5) is 32.4. The Morgan fingerprint density at radius 1 is 0.891 bits per heavy atom. The molecule has 46 heavy (non-hydrogen) atoms. The highest BCUT2D eigenvalue weighted by Gasteiger charge is 2.29. The molecule has 1 atom stereocenters. The molecule has 5 rings (SSSR count). The van der Waals surface area contributed by atoms with Crippen LogP contribution in [0, 0.1) is 5.82 Å². The fourth-order valence-electron chi connectivity index (χ4n) is 5.83. The maximum Gasteiger partial charge on any atom is 0.305 e. The van der Waals surface area contributed by atoms with Crippen LogP contribution >= 0.6 is 0 Å². The first-order valence-electron chi connectivity index (χ1n) is 15.1. The highest BCUT2D eigenvalue weighted by molar-refractivity contribution is 5.95. The van der Waals surface area contributed by atoms with E-state index in [-0.39, 0.29) is 13.0 Å². The summed E-state index contributed by atoms with van der Waals surface area (Å²) in [6, 6.07) is 23.3. The first-order valence-corrected chi connectivity index (χ1v) is 15.1. The van der Waals surface area contributed by atoms with E-state index in [0.29, 0.717) is 28.3 Å². The number of carbonyl (C=O) groups excluding carboxylic acids is 1. The van der Waals surface area contributed by atoms with E-state index in [2.05, 4.69) is 16.8 Å². The molecule has 1 saturated heterocycles. The van der Waals surface area contributed by atoms with Gasteiger partial charge in [0.2, 0.25) is 0 Å². The van der Waals surface area contributed by atoms with Gasteiger partial charge < -0.3 is 35.0 Å². The second-order valence-electron chi connectivity index (χ2n) is 11.4. The van der Waals surface area contributed by atoms with Gasteiger partial charge in [0.05, 0.1) is 38.1 Å². The molecule has 0 radical (unpaired) electrons. The highest BCUT2D eigenvalue weighted by atomic mass is 19.1. The third-order valence-electron chi connectivity index (χ3n) is 8.38. The number of carboxylic acid groups (broad SMARTS) is 1. The van der Waals surface area contributed by atoms with Crippen LogP contribution < -0.4 is 20.1 Å². The number of aliphatic carboxylic acids is 1. The zero-order chi connectivity index (χ0) is 32.8. The SMILES string of the molecule is COc1ccc(C(=O)N(Cc2cccc(-c3ccc(N4CCN(C)CC4)c(N)c3)c2)C(CC(=O)O)c2ccc(F)cc2)cc1OC. The van der Waals surface area contributed by atoms with Crippen molar-refractivity contribution in [3.8, 4) is 22.6 Å². The second kappa shape index (κ2) is 14.3. The lowest BCUT2D eigenvalue weighted by molar-refractivity contribution is -0.138. The molecule has 4 aromatic rings. The number of hydrogen-bond donors (Lipinski definition) is 2. The first-order chi connectivity index (χ1) is 22.2. The second-order valence-corrected chi connectivity index (χ2v) is 11.4. The Kier molecular flexibility index (Phi) is 10.1. The Hall–Kier alpha value is -5.09. The van der Waals surface area contributed by atoms with E-state index in [0.717, 1.165) is 48.6 Å². The van der Waals surface area contributed by atoms with Gasteiger partial charge in [-0.25, -0.2) is 4.39 Å². The molecule has 4 aromatic carbocycles. The molecular formula is C36H39FN4O5. The van der Waals surface area contributed by atoms with Gasteiger partial charge in [-0.1, -0.05) is 36.4 Å². The normalized spacial score (nSPS) is 14.0. The predicted octanol–water partition coefficient (Wildman–Crippen LogP) is 5.70. The number of ether oxygens (including phenoxy) is 2. The summed E-state index contributed by atoms with van der Waals surface area (Å²) < 4.78 is 24.7. The van der Waals surface area contributed by atoms with Crippen LogP contribution in [0.4, 0.5) is 15.8 Å². The maximum absolute atomic E-state index is 14.2. The van der Waals surface area contributed by atoms with Gasteiger partial charge in [-0.05, 0) is 77.8 Å². The zero-order valence-corrected chi connectivity index (χ0v) is 26.3. The minimum atomic E-state index is -1.09. The average molecular weight is 627 g/mol. The monoisotopic (exact) mass is 626 g/mol. The number of rotatable bonds is 11. The highest BCUT2D eigenvalue weighted by Crippen LogP contribution is 2.34. The lowest BCUT2D eigenvalue weighted by Crippen LogP contribution is -2.44. The van der Waals surface area contributed by atoms with E-state index in [1.165, 1.54) is 43.4 Å². The standard InChI is InChI=1S/C36H39FN4O5/c1-39-15-17-40(18-16-39)31-13-9-27(20-30(31)38)26-6-4-5-24(19-26)23-41(32(22-35(42)43)25-7-11-29(37)12-8-25)36(44)28-10-14-33(45-2)34(21-28)46-3/h4-14,19-21,32H,15-18,22-23,38H2,1-3H3,(H,42,43). The number of nitrogen functional groups attached to an aromatic ring is 1. The number of benzene rings is 4. The maximum atomic E-state index is 14.2. The van der Waals surface area contributed by atoms with E-state index in [4.69, 9.17) is 15.2 Å². The molecule has 0 aliphatic carbocycles. The molecule has 9 nitrogen and oxygen atoms in total. The Labute approximate surface area is 268 Å². The summed E-state index contributed by atoms with van der Waals surface area (Å²) >= 11 is 0. The molecule has 1 unspecified atom stereocenters. The molecule has 0 saturated carbocycles. The van der Waals surface area contributed by atoms with Crippen molar-refractivity contribution in [3.05, 3.63) is 107 Å². The molecule has 1 fully saturated rings. The van der Waals surface area contributed by atoms with Gasteiger partial charge in [-0.15, -0.1) is 0 Å². The third-order valence-corrected chi connectivity index (χ3v) is 8.38. The molecular weight excluding hydrogens is 587 g/mol. The van der Waals surface area contributed by atoms with Gasteiger partial charge >= 0.3 is 5.97 Å². The van der Waals surface area contributed by atoms with E-state index in [1.807, 2.05) is 42.5 Å². The van der Waals surface area contributed by atoms with Gasteiger partial charge in [-0.2, -0.15) is 0 Å². The van der Waals surface area contributed by atoms with Gasteiger partial charge in [-0.3, -0.25) is 9.59 Å². The van der Waals surface area contributed by atoms with Crippen molar-refractivity contribution in [2.24, 2.45) is 0 Å². The van der Waals surface area contributed by atoms with Gasteiger partial charge in [0, 0.05) is 38.3 Å². The number of halogens is 1.